The summed E-state index contributed by atoms with van der Waals surface area (Å²) in [7, 11) is 0. The van der Waals surface area contributed by atoms with Gasteiger partial charge in [0.1, 0.15) is 5.82 Å². The average molecular weight is 343 g/mol. The minimum atomic E-state index is -0.760. The number of ether oxygens (including phenoxy) is 1. The van der Waals surface area contributed by atoms with E-state index in [0.29, 0.717) is 5.56 Å². The molecule has 0 aliphatic rings. The van der Waals surface area contributed by atoms with Crippen LogP contribution in [0.3, 0.4) is 0 Å². The van der Waals surface area contributed by atoms with Crippen LogP contribution in [-0.2, 0) is 9.53 Å². The monoisotopic (exact) mass is 343 g/mol. The van der Waals surface area contributed by atoms with Crippen LogP contribution in [0.1, 0.15) is 46.2 Å². The van der Waals surface area contributed by atoms with Crippen molar-refractivity contribution < 1.29 is 23.5 Å². The minimum Gasteiger partial charge on any atom is -0.454 e. The molecule has 0 aromatic heterocycles. The number of hydrogen-bond donors (Lipinski definition) is 1. The van der Waals surface area contributed by atoms with Gasteiger partial charge in [-0.05, 0) is 30.7 Å². The van der Waals surface area contributed by atoms with Crippen LogP contribution < -0.4 is 5.32 Å². The molecule has 5 nitrogen and oxygen atoms in total. The molecule has 1 amide bonds. The lowest BCUT2D eigenvalue weighted by Crippen LogP contribution is -2.23. The molecule has 0 saturated carbocycles. The van der Waals surface area contributed by atoms with Gasteiger partial charge in [0.25, 0.3) is 0 Å². The van der Waals surface area contributed by atoms with Crippen molar-refractivity contribution in [1.82, 2.24) is 5.32 Å². The van der Waals surface area contributed by atoms with Crippen LogP contribution in [0, 0.1) is 5.82 Å². The van der Waals surface area contributed by atoms with Gasteiger partial charge in [0.15, 0.2) is 12.4 Å². The molecule has 2 rings (SSSR count). The molecular weight excluding hydrogens is 325 g/mol. The van der Waals surface area contributed by atoms with E-state index >= 15 is 0 Å². The van der Waals surface area contributed by atoms with E-state index in [1.165, 1.54) is 25.1 Å². The smallest absolute Gasteiger partial charge is 0.338 e. The first-order chi connectivity index (χ1) is 11.9. The van der Waals surface area contributed by atoms with Gasteiger partial charge in [0.2, 0.25) is 5.91 Å². The Labute approximate surface area is 144 Å². The third-order valence-electron chi connectivity index (χ3n) is 3.55. The lowest BCUT2D eigenvalue weighted by molar-refractivity contribution is -0.119. The predicted octanol–water partition coefficient (Wildman–Crippen LogP) is 3.06. The van der Waals surface area contributed by atoms with Gasteiger partial charge in [-0.25, -0.2) is 9.18 Å². The van der Waals surface area contributed by atoms with E-state index in [0.717, 1.165) is 11.6 Å². The van der Waals surface area contributed by atoms with Gasteiger partial charge in [0.05, 0.1) is 11.6 Å². The van der Waals surface area contributed by atoms with E-state index in [2.05, 4.69) is 5.32 Å². The van der Waals surface area contributed by atoms with E-state index in [4.69, 9.17) is 4.74 Å². The molecule has 0 aliphatic carbocycles. The zero-order valence-electron chi connectivity index (χ0n) is 13.9. The molecule has 6 heteroatoms. The Morgan fingerprint density at radius 3 is 2.36 bits per heavy atom. The Hall–Kier alpha value is -3.02. The van der Waals surface area contributed by atoms with Crippen molar-refractivity contribution in [2.45, 2.75) is 19.9 Å². The summed E-state index contributed by atoms with van der Waals surface area (Å²) in [5.41, 5.74) is 1.28. The average Bonchev–Trinajstić information content (AvgIpc) is 2.59. The maximum atomic E-state index is 13.1. The predicted molar refractivity (Wildman–Crippen MR) is 89.7 cm³/mol. The highest BCUT2D eigenvalue weighted by atomic mass is 19.1. The molecule has 2 aromatic rings. The first-order valence-electron chi connectivity index (χ1n) is 7.70. The maximum Gasteiger partial charge on any atom is 0.338 e. The van der Waals surface area contributed by atoms with Crippen LogP contribution >= 0.6 is 0 Å². The molecule has 2 aromatic carbocycles. The van der Waals surface area contributed by atoms with Gasteiger partial charge in [-0.3, -0.25) is 9.59 Å². The molecule has 0 saturated heterocycles. The molecule has 0 spiro atoms. The molecule has 1 N–H and O–H groups in total. The third-order valence-corrected chi connectivity index (χ3v) is 3.55. The van der Waals surface area contributed by atoms with E-state index < -0.39 is 18.4 Å². The number of nitrogens with one attached hydrogen (secondary N) is 1. The number of rotatable bonds is 6. The second-order valence-corrected chi connectivity index (χ2v) is 5.55. The van der Waals surface area contributed by atoms with Gasteiger partial charge in [-0.2, -0.15) is 0 Å². The molecule has 1 atom stereocenters. The van der Waals surface area contributed by atoms with Crippen molar-refractivity contribution in [2.24, 2.45) is 0 Å². The van der Waals surface area contributed by atoms with Crippen molar-refractivity contribution in [1.29, 1.82) is 0 Å². The summed E-state index contributed by atoms with van der Waals surface area (Å²) in [6, 6.07) is 11.5. The number of carbonyl (C=O) groups excluding carboxylic acids is 3. The number of Topliss-reactive ketones (excluding diaryl/α,β-unsaturated/α-hetero) is 1. The highest BCUT2D eigenvalue weighted by Crippen LogP contribution is 2.14. The van der Waals surface area contributed by atoms with Crippen LogP contribution in [0.4, 0.5) is 4.39 Å². The first kappa shape index (κ1) is 18.3. The highest BCUT2D eigenvalue weighted by Gasteiger charge is 2.13. The summed E-state index contributed by atoms with van der Waals surface area (Å²) < 4.78 is 18.0. The first-order valence-corrected chi connectivity index (χ1v) is 7.70. The van der Waals surface area contributed by atoms with Crippen LogP contribution in [0.25, 0.3) is 0 Å². The summed E-state index contributed by atoms with van der Waals surface area (Å²) >= 11 is 0. The quantitative estimate of drug-likeness (QED) is 0.646. The Morgan fingerprint density at radius 2 is 1.76 bits per heavy atom. The van der Waals surface area contributed by atoms with Crippen LogP contribution in [-0.4, -0.2) is 24.3 Å². The second kappa shape index (κ2) is 8.19. The topological polar surface area (TPSA) is 72.5 Å². The van der Waals surface area contributed by atoms with E-state index in [9.17, 15) is 18.8 Å². The van der Waals surface area contributed by atoms with Crippen LogP contribution in [0.2, 0.25) is 0 Å². The zero-order chi connectivity index (χ0) is 18.4. The molecular formula is C19H18FNO4. The maximum absolute atomic E-state index is 13.1. The molecule has 0 unspecified atom stereocenters. The number of halogens is 1. The highest BCUT2D eigenvalue weighted by molar-refractivity contribution is 5.99. The van der Waals surface area contributed by atoms with Gasteiger partial charge in [0, 0.05) is 12.5 Å². The zero-order valence-corrected chi connectivity index (χ0v) is 13.9. The molecule has 0 heterocycles. The number of benzene rings is 2. The molecule has 0 aliphatic heterocycles. The number of amides is 1. The van der Waals surface area contributed by atoms with E-state index in [1.54, 1.807) is 24.3 Å². The van der Waals surface area contributed by atoms with Crippen molar-refractivity contribution in [3.63, 3.8) is 0 Å². The fraction of sp³-hybridized carbons (Fsp3) is 0.211. The normalized spacial score (nSPS) is 11.5. The van der Waals surface area contributed by atoms with Gasteiger partial charge in [-0.1, -0.05) is 30.3 Å². The SMILES string of the molecule is CC(=O)N[C@H](C)c1ccc(C(=O)COC(=O)c2cccc(F)c2)cc1. The van der Waals surface area contributed by atoms with Gasteiger partial charge in [-0.15, -0.1) is 0 Å². The number of hydrogen-bond acceptors (Lipinski definition) is 4. The Morgan fingerprint density at radius 1 is 1.08 bits per heavy atom. The molecule has 25 heavy (non-hydrogen) atoms. The molecule has 0 fully saturated rings. The van der Waals surface area contributed by atoms with Crippen molar-refractivity contribution in [2.75, 3.05) is 6.61 Å². The Balaban J connectivity index is 1.94. The summed E-state index contributed by atoms with van der Waals surface area (Å²) in [5.74, 6) is -1.83. The minimum absolute atomic E-state index is 0.0484. The Bertz CT molecular complexity index is 786. The van der Waals surface area contributed by atoms with Crippen molar-refractivity contribution in [3.8, 4) is 0 Å². The third kappa shape index (κ3) is 5.24. The standard InChI is InChI=1S/C19H18FNO4/c1-12(21-13(2)22)14-6-8-15(9-7-14)18(23)11-25-19(24)16-4-3-5-17(20)10-16/h3-10,12H,11H2,1-2H3,(H,21,22)/t12-/m1/s1. The summed E-state index contributed by atoms with van der Waals surface area (Å²) in [4.78, 5) is 34.9. The molecule has 130 valence electrons. The van der Waals surface area contributed by atoms with Crippen molar-refractivity contribution >= 4 is 17.7 Å². The number of ketones is 1. The second-order valence-electron chi connectivity index (χ2n) is 5.55. The fourth-order valence-electron chi connectivity index (χ4n) is 2.26. The lowest BCUT2D eigenvalue weighted by atomic mass is 10.0. The van der Waals surface area contributed by atoms with E-state index in [-0.39, 0.29) is 23.3 Å². The summed E-state index contributed by atoms with van der Waals surface area (Å²) in [5, 5.41) is 2.75. The van der Waals surface area contributed by atoms with Crippen LogP contribution in [0.5, 0.6) is 0 Å². The number of esters is 1. The van der Waals surface area contributed by atoms with Gasteiger partial charge < -0.3 is 10.1 Å². The van der Waals surface area contributed by atoms with E-state index in [1.807, 2.05) is 6.92 Å². The number of carbonyl (C=O) groups is 3. The fourth-order valence-corrected chi connectivity index (χ4v) is 2.26. The molecule has 0 bridgehead atoms. The summed E-state index contributed by atoms with van der Waals surface area (Å²) in [6.45, 7) is 2.83. The van der Waals surface area contributed by atoms with Crippen LogP contribution in [0.15, 0.2) is 48.5 Å². The van der Waals surface area contributed by atoms with Gasteiger partial charge >= 0.3 is 5.97 Å². The largest absolute Gasteiger partial charge is 0.454 e. The Kier molecular flexibility index (Phi) is 6.00. The lowest BCUT2D eigenvalue weighted by Gasteiger charge is -2.13. The van der Waals surface area contributed by atoms with Crippen molar-refractivity contribution in [3.05, 3.63) is 71.0 Å². The summed E-state index contributed by atoms with van der Waals surface area (Å²) in [6.07, 6.45) is 0. The molecule has 0 radical (unpaired) electrons.